The number of carbonyl (C=O) groups is 2. The molecule has 13 heteroatoms. The first-order valence-electron chi connectivity index (χ1n) is 13.7. The molecule has 3 aromatic carbocycles. The van der Waals surface area contributed by atoms with Gasteiger partial charge >= 0.3 is 6.18 Å². The van der Waals surface area contributed by atoms with Crippen LogP contribution in [0.4, 0.5) is 46.3 Å². The molecule has 4 aromatic rings. The highest BCUT2D eigenvalue weighted by atomic mass is 19.4. The third kappa shape index (κ3) is 7.11. The van der Waals surface area contributed by atoms with Gasteiger partial charge in [0.15, 0.2) is 0 Å². The van der Waals surface area contributed by atoms with E-state index in [9.17, 15) is 27.2 Å². The van der Waals surface area contributed by atoms with E-state index in [1.807, 2.05) is 24.3 Å². The summed E-state index contributed by atoms with van der Waals surface area (Å²) in [4.78, 5) is 38.8. The maximum atomic E-state index is 14.4. The standard InChI is InChI=1S/C31H29F4N7O2/c1-19-6-7-21(38-28(43)24-4-3-5-26(27(24)32)31(33,34)35)16-25(19)29(44)39-22-17-36-30(37-18-22)40-20-8-10-23(11-9-20)42-14-12-41(2)13-15-42/h3-11,16-18H,12-15H2,1-2H3,(H,38,43)(H,39,44)(H,36,37,40). The third-order valence-corrected chi connectivity index (χ3v) is 7.19. The summed E-state index contributed by atoms with van der Waals surface area (Å²) in [5.41, 5.74) is 0.770. The number of aryl methyl sites for hydroxylation is 1. The lowest BCUT2D eigenvalue weighted by Gasteiger charge is -2.34. The van der Waals surface area contributed by atoms with Crippen molar-refractivity contribution in [3.63, 3.8) is 0 Å². The summed E-state index contributed by atoms with van der Waals surface area (Å²) in [6.07, 6.45) is -2.09. The molecule has 44 heavy (non-hydrogen) atoms. The van der Waals surface area contributed by atoms with E-state index in [1.165, 1.54) is 24.5 Å². The number of hydrogen-bond acceptors (Lipinski definition) is 7. The summed E-state index contributed by atoms with van der Waals surface area (Å²) < 4.78 is 53.6. The van der Waals surface area contributed by atoms with E-state index >= 15 is 0 Å². The van der Waals surface area contributed by atoms with Crippen LogP contribution in [-0.2, 0) is 6.18 Å². The molecule has 0 aliphatic carbocycles. The summed E-state index contributed by atoms with van der Waals surface area (Å²) in [6.45, 7) is 5.65. The highest BCUT2D eigenvalue weighted by Crippen LogP contribution is 2.32. The molecule has 2 heterocycles. The predicted molar refractivity (Wildman–Crippen MR) is 160 cm³/mol. The number of hydrogen-bond donors (Lipinski definition) is 3. The van der Waals surface area contributed by atoms with Crippen LogP contribution >= 0.6 is 0 Å². The van der Waals surface area contributed by atoms with E-state index in [1.54, 1.807) is 13.0 Å². The summed E-state index contributed by atoms with van der Waals surface area (Å²) in [5.74, 6) is -2.97. The summed E-state index contributed by atoms with van der Waals surface area (Å²) in [6, 6.07) is 14.8. The van der Waals surface area contributed by atoms with Gasteiger partial charge in [0.05, 0.1) is 29.2 Å². The minimum Gasteiger partial charge on any atom is -0.369 e. The Kier molecular flexibility index (Phi) is 8.76. The Bertz CT molecular complexity index is 1650. The second-order valence-electron chi connectivity index (χ2n) is 10.4. The Balaban J connectivity index is 1.21. The van der Waals surface area contributed by atoms with Crippen molar-refractivity contribution in [2.75, 3.05) is 54.1 Å². The normalized spacial score (nSPS) is 13.8. The monoisotopic (exact) mass is 607 g/mol. The van der Waals surface area contributed by atoms with Gasteiger partial charge in [0.25, 0.3) is 11.8 Å². The Hall–Kier alpha value is -5.04. The van der Waals surface area contributed by atoms with Crippen LogP contribution in [0.2, 0.25) is 0 Å². The number of amides is 2. The van der Waals surface area contributed by atoms with Crippen LogP contribution < -0.4 is 20.9 Å². The highest BCUT2D eigenvalue weighted by Gasteiger charge is 2.35. The molecule has 228 valence electrons. The fourth-order valence-corrected chi connectivity index (χ4v) is 4.67. The fourth-order valence-electron chi connectivity index (χ4n) is 4.67. The van der Waals surface area contributed by atoms with Crippen LogP contribution in [-0.4, -0.2) is 59.9 Å². The van der Waals surface area contributed by atoms with Crippen molar-refractivity contribution in [2.45, 2.75) is 13.1 Å². The molecule has 1 saturated heterocycles. The Morgan fingerprint density at radius 1 is 0.795 bits per heavy atom. The van der Waals surface area contributed by atoms with Gasteiger partial charge in [-0.3, -0.25) is 9.59 Å². The lowest BCUT2D eigenvalue weighted by Crippen LogP contribution is -2.44. The molecule has 0 atom stereocenters. The lowest BCUT2D eigenvalue weighted by atomic mass is 10.1. The Morgan fingerprint density at radius 3 is 2.07 bits per heavy atom. The van der Waals surface area contributed by atoms with Gasteiger partial charge in [-0.25, -0.2) is 14.4 Å². The van der Waals surface area contributed by atoms with E-state index in [4.69, 9.17) is 0 Å². The van der Waals surface area contributed by atoms with Gasteiger partial charge in [-0.15, -0.1) is 0 Å². The van der Waals surface area contributed by atoms with E-state index in [0.717, 1.165) is 49.7 Å². The first-order chi connectivity index (χ1) is 21.0. The number of carbonyl (C=O) groups excluding carboxylic acids is 2. The Labute approximate surface area is 250 Å². The molecule has 0 spiro atoms. The number of likely N-dealkylation sites (N-methyl/N-ethyl adjacent to an activating group) is 1. The van der Waals surface area contributed by atoms with E-state index in [2.05, 4.69) is 42.8 Å². The fraction of sp³-hybridized carbons (Fsp3) is 0.226. The first-order valence-corrected chi connectivity index (χ1v) is 13.7. The smallest absolute Gasteiger partial charge is 0.369 e. The van der Waals surface area contributed by atoms with Crippen molar-refractivity contribution >= 4 is 40.5 Å². The maximum absolute atomic E-state index is 14.4. The minimum absolute atomic E-state index is 0.0944. The van der Waals surface area contributed by atoms with Crippen molar-refractivity contribution in [3.05, 3.63) is 101 Å². The molecule has 0 radical (unpaired) electrons. The summed E-state index contributed by atoms with van der Waals surface area (Å²) >= 11 is 0. The van der Waals surface area contributed by atoms with Crippen LogP contribution in [0.25, 0.3) is 0 Å². The molecule has 0 saturated carbocycles. The van der Waals surface area contributed by atoms with Gasteiger partial charge in [0.2, 0.25) is 5.95 Å². The van der Waals surface area contributed by atoms with Crippen LogP contribution in [0.15, 0.2) is 73.1 Å². The largest absolute Gasteiger partial charge is 0.419 e. The number of benzene rings is 3. The predicted octanol–water partition coefficient (Wildman–Crippen LogP) is 5.94. The highest BCUT2D eigenvalue weighted by molar-refractivity contribution is 6.08. The number of alkyl halides is 3. The second kappa shape index (κ2) is 12.7. The maximum Gasteiger partial charge on any atom is 0.419 e. The van der Waals surface area contributed by atoms with Crippen molar-refractivity contribution < 1.29 is 27.2 Å². The molecule has 0 unspecified atom stereocenters. The molecule has 5 rings (SSSR count). The molecule has 3 N–H and O–H groups in total. The average molecular weight is 608 g/mol. The van der Waals surface area contributed by atoms with Gasteiger partial charge in [0, 0.05) is 48.8 Å². The van der Waals surface area contributed by atoms with Crippen molar-refractivity contribution in [1.82, 2.24) is 14.9 Å². The van der Waals surface area contributed by atoms with Crippen LogP contribution in [0.5, 0.6) is 0 Å². The quantitative estimate of drug-likeness (QED) is 0.224. The van der Waals surface area contributed by atoms with Gasteiger partial charge in [-0.2, -0.15) is 13.2 Å². The summed E-state index contributed by atoms with van der Waals surface area (Å²) in [7, 11) is 2.11. The molecule has 0 bridgehead atoms. The van der Waals surface area contributed by atoms with Crippen LogP contribution in [0.1, 0.15) is 31.8 Å². The van der Waals surface area contributed by atoms with Gasteiger partial charge in [0.1, 0.15) is 5.82 Å². The van der Waals surface area contributed by atoms with Crippen molar-refractivity contribution in [1.29, 1.82) is 0 Å². The van der Waals surface area contributed by atoms with E-state index in [0.29, 0.717) is 23.3 Å². The minimum atomic E-state index is -4.95. The number of halogens is 4. The molecule has 1 aliphatic heterocycles. The molecule has 2 amide bonds. The van der Waals surface area contributed by atoms with Crippen molar-refractivity contribution in [2.24, 2.45) is 0 Å². The number of nitrogens with one attached hydrogen (secondary N) is 3. The molecule has 1 aliphatic rings. The Morgan fingerprint density at radius 2 is 1.41 bits per heavy atom. The number of anilines is 5. The number of piperazine rings is 1. The second-order valence-corrected chi connectivity index (χ2v) is 10.4. The average Bonchev–Trinajstić information content (AvgIpc) is 2.99. The van der Waals surface area contributed by atoms with E-state index in [-0.39, 0.29) is 11.3 Å². The zero-order chi connectivity index (χ0) is 31.4. The molecule has 9 nitrogen and oxygen atoms in total. The van der Waals surface area contributed by atoms with Gasteiger partial charge in [-0.05, 0) is 68.1 Å². The number of aromatic nitrogens is 2. The molecular weight excluding hydrogens is 578 g/mol. The number of nitrogens with zero attached hydrogens (tertiary/aromatic N) is 4. The zero-order valence-corrected chi connectivity index (χ0v) is 23.9. The zero-order valence-electron chi connectivity index (χ0n) is 23.9. The first kappa shape index (κ1) is 30.4. The summed E-state index contributed by atoms with van der Waals surface area (Å²) in [5, 5.41) is 8.16. The lowest BCUT2D eigenvalue weighted by molar-refractivity contribution is -0.140. The van der Waals surface area contributed by atoms with Crippen molar-refractivity contribution in [3.8, 4) is 0 Å². The topological polar surface area (TPSA) is 102 Å². The number of rotatable bonds is 7. The molecule has 1 fully saturated rings. The van der Waals surface area contributed by atoms with Crippen LogP contribution in [0.3, 0.4) is 0 Å². The van der Waals surface area contributed by atoms with E-state index < -0.39 is 34.9 Å². The van der Waals surface area contributed by atoms with Crippen LogP contribution in [0, 0.1) is 12.7 Å². The third-order valence-electron chi connectivity index (χ3n) is 7.19. The molecular formula is C31H29F4N7O2. The van der Waals surface area contributed by atoms with Gasteiger partial charge < -0.3 is 25.8 Å². The SMILES string of the molecule is Cc1ccc(NC(=O)c2cccc(C(F)(F)F)c2F)cc1C(=O)Nc1cnc(Nc2ccc(N3CCN(C)CC3)cc2)nc1. The van der Waals surface area contributed by atoms with Gasteiger partial charge in [-0.1, -0.05) is 12.1 Å². The molecule has 1 aromatic heterocycles.